The van der Waals surface area contributed by atoms with Gasteiger partial charge in [0.05, 0.1) is 12.3 Å². The van der Waals surface area contributed by atoms with E-state index < -0.39 is 0 Å². The molecule has 5 heteroatoms. The number of anilines is 1. The summed E-state index contributed by atoms with van der Waals surface area (Å²) < 4.78 is 6.54. The smallest absolute Gasteiger partial charge is 0.146 e. The molecule has 0 fully saturated rings. The van der Waals surface area contributed by atoms with Crippen LogP contribution in [-0.4, -0.2) is 23.4 Å². The van der Waals surface area contributed by atoms with E-state index in [1.165, 1.54) is 4.68 Å². The number of nitrogens with zero attached hydrogens (tertiary/aromatic N) is 2. The van der Waals surface area contributed by atoms with Crippen LogP contribution in [-0.2, 0) is 4.74 Å². The van der Waals surface area contributed by atoms with Crippen molar-refractivity contribution < 1.29 is 4.74 Å². The minimum Gasteiger partial charge on any atom is -0.384 e. The molecule has 0 bridgehead atoms. The van der Waals surface area contributed by atoms with Gasteiger partial charge in [0.25, 0.3) is 0 Å². The second kappa shape index (κ2) is 4.53. The van der Waals surface area contributed by atoms with Crippen LogP contribution in [0.5, 0.6) is 0 Å². The summed E-state index contributed by atoms with van der Waals surface area (Å²) in [4.78, 5) is 4.46. The monoisotopic (exact) mass is 212 g/mol. The van der Waals surface area contributed by atoms with Crippen molar-refractivity contribution in [2.75, 3.05) is 25.3 Å². The molecule has 1 aromatic heterocycles. The fraction of sp³-hybridized carbons (Fsp3) is 0.700. The highest BCUT2D eigenvalue weighted by atomic mass is 16.5. The lowest BCUT2D eigenvalue weighted by Gasteiger charge is -2.07. The molecule has 1 heterocycles. The van der Waals surface area contributed by atoms with Crippen molar-refractivity contribution in [3.05, 3.63) is 11.5 Å². The second-order valence-corrected chi connectivity index (χ2v) is 4.12. The van der Waals surface area contributed by atoms with Crippen LogP contribution in [0, 0.1) is 0 Å². The van der Waals surface area contributed by atoms with Crippen molar-refractivity contribution in [2.45, 2.75) is 32.6 Å². The Balaban J connectivity index is 3.04. The number of hydrogen-bond donors (Lipinski definition) is 2. The van der Waals surface area contributed by atoms with Gasteiger partial charge in [-0.25, -0.2) is 9.66 Å². The van der Waals surface area contributed by atoms with Crippen LogP contribution in [0.1, 0.15) is 44.1 Å². The highest BCUT2D eigenvalue weighted by Gasteiger charge is 2.19. The summed E-state index contributed by atoms with van der Waals surface area (Å²) in [6.45, 7) is 6.69. The molecule has 0 amide bonds. The first-order valence-electron chi connectivity index (χ1n) is 5.11. The number of methoxy groups -OCH3 is 1. The Kier molecular flexibility index (Phi) is 3.57. The lowest BCUT2D eigenvalue weighted by Crippen LogP contribution is -2.16. The third-order valence-electron chi connectivity index (χ3n) is 2.40. The average molecular weight is 212 g/mol. The Morgan fingerprint density at radius 1 is 1.40 bits per heavy atom. The molecule has 5 nitrogen and oxygen atoms in total. The maximum absolute atomic E-state index is 5.89. The van der Waals surface area contributed by atoms with E-state index in [9.17, 15) is 0 Å². The van der Waals surface area contributed by atoms with E-state index in [1.807, 2.05) is 20.8 Å². The van der Waals surface area contributed by atoms with Crippen molar-refractivity contribution in [1.29, 1.82) is 0 Å². The minimum atomic E-state index is 0.164. The molecular weight excluding hydrogens is 192 g/mol. The van der Waals surface area contributed by atoms with Crippen LogP contribution in [0.2, 0.25) is 0 Å². The highest BCUT2D eigenvalue weighted by molar-refractivity contribution is 5.41. The van der Waals surface area contributed by atoms with Crippen LogP contribution < -0.4 is 11.6 Å². The largest absolute Gasteiger partial charge is 0.384 e. The van der Waals surface area contributed by atoms with Crippen molar-refractivity contribution in [2.24, 2.45) is 0 Å². The van der Waals surface area contributed by atoms with E-state index in [1.54, 1.807) is 7.11 Å². The van der Waals surface area contributed by atoms with Crippen molar-refractivity contribution >= 4 is 5.82 Å². The number of nitrogens with two attached hydrogens (primary N) is 2. The van der Waals surface area contributed by atoms with E-state index >= 15 is 0 Å². The average Bonchev–Trinajstić information content (AvgIpc) is 2.45. The standard InChI is InChI=1S/C10H20N4O/c1-6(2)10-13-8(7(3)5-15-4)9(11)14(10)12/h6-7H,5,11-12H2,1-4H3. The maximum atomic E-state index is 5.89. The number of aromatic nitrogens is 2. The first kappa shape index (κ1) is 11.8. The van der Waals surface area contributed by atoms with Gasteiger partial charge in [-0.05, 0) is 0 Å². The predicted molar refractivity (Wildman–Crippen MR) is 61.2 cm³/mol. The van der Waals surface area contributed by atoms with Gasteiger partial charge in [0.2, 0.25) is 0 Å². The molecule has 4 N–H and O–H groups in total. The van der Waals surface area contributed by atoms with Crippen LogP contribution in [0.3, 0.4) is 0 Å². The van der Waals surface area contributed by atoms with Gasteiger partial charge in [0, 0.05) is 18.9 Å². The summed E-state index contributed by atoms with van der Waals surface area (Å²) in [5.74, 6) is 7.60. The fourth-order valence-electron chi connectivity index (χ4n) is 1.58. The van der Waals surface area contributed by atoms with Crippen molar-refractivity contribution in [1.82, 2.24) is 9.66 Å². The normalized spacial score (nSPS) is 13.4. The molecule has 1 aromatic rings. The van der Waals surface area contributed by atoms with E-state index in [4.69, 9.17) is 16.3 Å². The third kappa shape index (κ3) is 2.23. The zero-order chi connectivity index (χ0) is 11.6. The van der Waals surface area contributed by atoms with Gasteiger partial charge in [-0.3, -0.25) is 0 Å². The van der Waals surface area contributed by atoms with Crippen molar-refractivity contribution in [3.8, 4) is 0 Å². The lowest BCUT2D eigenvalue weighted by molar-refractivity contribution is 0.183. The number of hydrogen-bond acceptors (Lipinski definition) is 4. The summed E-state index contributed by atoms with van der Waals surface area (Å²) in [6, 6.07) is 0. The molecule has 0 saturated heterocycles. The molecule has 86 valence electrons. The van der Waals surface area contributed by atoms with Crippen LogP contribution in [0.15, 0.2) is 0 Å². The van der Waals surface area contributed by atoms with Crippen LogP contribution in [0.4, 0.5) is 5.82 Å². The molecule has 0 aliphatic heterocycles. The summed E-state index contributed by atoms with van der Waals surface area (Å²) in [6.07, 6.45) is 0. The topological polar surface area (TPSA) is 79.1 Å². The van der Waals surface area contributed by atoms with Gasteiger partial charge in [-0.2, -0.15) is 0 Å². The zero-order valence-electron chi connectivity index (χ0n) is 9.82. The van der Waals surface area contributed by atoms with Gasteiger partial charge in [-0.1, -0.05) is 20.8 Å². The molecule has 1 atom stereocenters. The van der Waals surface area contributed by atoms with Crippen LogP contribution >= 0.6 is 0 Å². The molecule has 0 spiro atoms. The molecule has 15 heavy (non-hydrogen) atoms. The maximum Gasteiger partial charge on any atom is 0.146 e. The molecule has 1 rings (SSSR count). The van der Waals surface area contributed by atoms with Gasteiger partial charge < -0.3 is 16.3 Å². The number of rotatable bonds is 4. The summed E-state index contributed by atoms with van der Waals surface area (Å²) in [7, 11) is 1.66. The quantitative estimate of drug-likeness (QED) is 0.731. The molecular formula is C10H20N4O. The van der Waals surface area contributed by atoms with Gasteiger partial charge >= 0.3 is 0 Å². The Morgan fingerprint density at radius 3 is 2.40 bits per heavy atom. The summed E-state index contributed by atoms with van der Waals surface area (Å²) >= 11 is 0. The predicted octanol–water partition coefficient (Wildman–Crippen LogP) is 1.05. The number of ether oxygens (including phenoxy) is 1. The van der Waals surface area contributed by atoms with E-state index in [0.717, 1.165) is 11.5 Å². The van der Waals surface area contributed by atoms with Gasteiger partial charge in [0.1, 0.15) is 11.6 Å². The molecule has 0 aliphatic rings. The fourth-order valence-corrected chi connectivity index (χ4v) is 1.58. The molecule has 0 radical (unpaired) electrons. The second-order valence-electron chi connectivity index (χ2n) is 4.12. The van der Waals surface area contributed by atoms with Gasteiger partial charge in [-0.15, -0.1) is 0 Å². The first-order valence-corrected chi connectivity index (χ1v) is 5.11. The third-order valence-corrected chi connectivity index (χ3v) is 2.40. The molecule has 0 aromatic carbocycles. The Morgan fingerprint density at radius 2 is 2.00 bits per heavy atom. The molecule has 0 aliphatic carbocycles. The van der Waals surface area contributed by atoms with Gasteiger partial charge in [0.15, 0.2) is 0 Å². The van der Waals surface area contributed by atoms with Crippen LogP contribution in [0.25, 0.3) is 0 Å². The first-order chi connectivity index (χ1) is 6.99. The lowest BCUT2D eigenvalue weighted by atomic mass is 10.1. The number of imidazole rings is 1. The Bertz CT molecular complexity index is 332. The Labute approximate surface area is 90.4 Å². The SMILES string of the molecule is COCC(C)c1nc(C(C)C)n(N)c1N. The van der Waals surface area contributed by atoms with E-state index in [0.29, 0.717) is 12.4 Å². The zero-order valence-corrected chi connectivity index (χ0v) is 9.82. The minimum absolute atomic E-state index is 0.164. The highest BCUT2D eigenvalue weighted by Crippen LogP contribution is 2.24. The molecule has 0 saturated carbocycles. The molecule has 1 unspecified atom stereocenters. The summed E-state index contributed by atoms with van der Waals surface area (Å²) in [5.41, 5.74) is 6.71. The summed E-state index contributed by atoms with van der Waals surface area (Å²) in [5, 5.41) is 0. The number of nitrogen functional groups attached to an aromatic ring is 2. The van der Waals surface area contributed by atoms with E-state index in [-0.39, 0.29) is 11.8 Å². The van der Waals surface area contributed by atoms with Crippen molar-refractivity contribution in [3.63, 3.8) is 0 Å². The van der Waals surface area contributed by atoms with E-state index in [2.05, 4.69) is 4.98 Å². The Hall–Kier alpha value is -1.23.